The Morgan fingerprint density at radius 3 is 2.69 bits per heavy atom. The van der Waals surface area contributed by atoms with Crippen LogP contribution in [0.2, 0.25) is 0 Å². The highest BCUT2D eigenvalue weighted by molar-refractivity contribution is 8.15. The monoisotopic (exact) mass is 519 g/mol. The Bertz CT molecular complexity index is 1110. The van der Waals surface area contributed by atoms with Gasteiger partial charge in [-0.2, -0.15) is 8.78 Å². The van der Waals surface area contributed by atoms with Crippen LogP contribution in [0, 0.1) is 13.8 Å². The lowest BCUT2D eigenvalue weighted by Gasteiger charge is -2.20. The minimum atomic E-state index is -2.49. The third-order valence-electron chi connectivity index (χ3n) is 5.74. The second-order valence-corrected chi connectivity index (χ2v) is 10.8. The molecule has 6 nitrogen and oxygen atoms in total. The predicted octanol–water partition coefficient (Wildman–Crippen LogP) is 5.76. The van der Waals surface area contributed by atoms with Crippen molar-refractivity contribution >= 4 is 51.9 Å². The second-order valence-electron chi connectivity index (χ2n) is 8.53. The van der Waals surface area contributed by atoms with Crippen LogP contribution in [0.1, 0.15) is 30.4 Å². The standard InChI is InChI=1S/C25H27F2N3O3S2/c1-15-5-10-20(16(2)12-15)29-22(31)13-21-23(32)30(14-18-4-3-11-33-18)25(35-21)28-17-6-8-19(9-7-17)34-24(26)27/h5-10,12,18,21,24H,3-4,11,13-14H2,1-2H3,(H,29,31)/t18-,21-/m1/s1. The highest BCUT2D eigenvalue weighted by atomic mass is 32.2. The number of carbonyl (C=O) groups is 2. The Balaban J connectivity index is 1.49. The van der Waals surface area contributed by atoms with E-state index in [1.54, 1.807) is 29.2 Å². The lowest BCUT2D eigenvalue weighted by molar-refractivity contribution is -0.129. The van der Waals surface area contributed by atoms with E-state index in [2.05, 4.69) is 10.3 Å². The number of rotatable bonds is 8. The van der Waals surface area contributed by atoms with Crippen molar-refractivity contribution in [2.45, 2.75) is 55.1 Å². The van der Waals surface area contributed by atoms with Gasteiger partial charge in [0.1, 0.15) is 5.25 Å². The van der Waals surface area contributed by atoms with E-state index < -0.39 is 11.0 Å². The van der Waals surface area contributed by atoms with Crippen LogP contribution in [0.25, 0.3) is 0 Å². The first-order valence-corrected chi connectivity index (χ1v) is 13.1. The van der Waals surface area contributed by atoms with E-state index in [1.165, 1.54) is 11.8 Å². The minimum absolute atomic E-state index is 0.0157. The van der Waals surface area contributed by atoms with E-state index in [9.17, 15) is 18.4 Å². The molecule has 2 saturated heterocycles. The number of hydrogen-bond donors (Lipinski definition) is 1. The van der Waals surface area contributed by atoms with Gasteiger partial charge in [-0.25, -0.2) is 4.99 Å². The third-order valence-corrected chi connectivity index (χ3v) is 7.64. The Morgan fingerprint density at radius 1 is 1.26 bits per heavy atom. The van der Waals surface area contributed by atoms with Crippen LogP contribution in [-0.2, 0) is 14.3 Å². The Kier molecular flexibility index (Phi) is 8.46. The quantitative estimate of drug-likeness (QED) is 0.449. The molecule has 10 heteroatoms. The van der Waals surface area contributed by atoms with E-state index in [4.69, 9.17) is 4.74 Å². The lowest BCUT2D eigenvalue weighted by atomic mass is 10.1. The summed E-state index contributed by atoms with van der Waals surface area (Å²) in [7, 11) is 0. The summed E-state index contributed by atoms with van der Waals surface area (Å²) >= 11 is 1.72. The van der Waals surface area contributed by atoms with Crippen molar-refractivity contribution in [3.63, 3.8) is 0 Å². The van der Waals surface area contributed by atoms with E-state index in [0.29, 0.717) is 40.7 Å². The highest BCUT2D eigenvalue weighted by Crippen LogP contribution is 2.34. The summed E-state index contributed by atoms with van der Waals surface area (Å²) in [5.74, 6) is -2.91. The van der Waals surface area contributed by atoms with Gasteiger partial charge in [-0.1, -0.05) is 41.2 Å². The number of alkyl halides is 2. The molecule has 0 aromatic heterocycles. The average molecular weight is 520 g/mol. The summed E-state index contributed by atoms with van der Waals surface area (Å²) in [4.78, 5) is 32.7. The van der Waals surface area contributed by atoms with Gasteiger partial charge in [0.15, 0.2) is 5.17 Å². The van der Waals surface area contributed by atoms with Crippen LogP contribution in [0.3, 0.4) is 0 Å². The number of amides is 2. The molecule has 2 aliphatic rings. The van der Waals surface area contributed by atoms with Crippen molar-refractivity contribution in [2.24, 2.45) is 4.99 Å². The molecule has 2 aromatic carbocycles. The van der Waals surface area contributed by atoms with Gasteiger partial charge < -0.3 is 10.1 Å². The van der Waals surface area contributed by atoms with Crippen LogP contribution in [-0.4, -0.2) is 52.1 Å². The maximum absolute atomic E-state index is 13.3. The zero-order valence-electron chi connectivity index (χ0n) is 19.5. The largest absolute Gasteiger partial charge is 0.376 e. The van der Waals surface area contributed by atoms with Crippen molar-refractivity contribution in [1.82, 2.24) is 4.90 Å². The second kappa shape index (κ2) is 11.5. The normalized spacial score (nSPS) is 21.3. The molecule has 0 radical (unpaired) electrons. The van der Waals surface area contributed by atoms with Gasteiger partial charge >= 0.3 is 0 Å². The zero-order chi connectivity index (χ0) is 24.9. The number of halogens is 2. The molecule has 2 heterocycles. The molecule has 35 heavy (non-hydrogen) atoms. The molecule has 0 unspecified atom stereocenters. The number of amidine groups is 1. The smallest absolute Gasteiger partial charge is 0.288 e. The molecule has 0 aliphatic carbocycles. The number of aliphatic imine (C=N–C) groups is 1. The number of aryl methyl sites for hydroxylation is 2. The fourth-order valence-electron chi connectivity index (χ4n) is 4.02. The van der Waals surface area contributed by atoms with Crippen molar-refractivity contribution in [2.75, 3.05) is 18.5 Å². The molecule has 2 aromatic rings. The summed E-state index contributed by atoms with van der Waals surface area (Å²) < 4.78 is 30.9. The van der Waals surface area contributed by atoms with Crippen LogP contribution in [0.5, 0.6) is 0 Å². The van der Waals surface area contributed by atoms with Crippen LogP contribution >= 0.6 is 23.5 Å². The van der Waals surface area contributed by atoms with Gasteiger partial charge in [-0.05, 0) is 62.6 Å². The predicted molar refractivity (Wildman–Crippen MR) is 137 cm³/mol. The fourth-order valence-corrected chi connectivity index (χ4v) is 5.69. The Hall–Kier alpha value is -2.43. The van der Waals surface area contributed by atoms with Gasteiger partial charge in [0.05, 0.1) is 18.3 Å². The van der Waals surface area contributed by atoms with Crippen molar-refractivity contribution in [3.05, 3.63) is 53.6 Å². The molecule has 2 amide bonds. The first-order valence-electron chi connectivity index (χ1n) is 11.4. The molecular formula is C25H27F2N3O3S2. The first kappa shape index (κ1) is 25.7. The van der Waals surface area contributed by atoms with Gasteiger partial charge in [0, 0.05) is 23.6 Å². The van der Waals surface area contributed by atoms with Gasteiger partial charge in [-0.15, -0.1) is 0 Å². The molecule has 2 aliphatic heterocycles. The number of ether oxygens (including phenoxy) is 1. The Labute approximate surface area is 211 Å². The molecule has 0 saturated carbocycles. The number of nitrogens with zero attached hydrogens (tertiary/aromatic N) is 2. The van der Waals surface area contributed by atoms with Gasteiger partial charge in [0.2, 0.25) is 11.8 Å². The fraction of sp³-hybridized carbons (Fsp3) is 0.400. The van der Waals surface area contributed by atoms with E-state index in [1.807, 2.05) is 32.0 Å². The molecule has 2 fully saturated rings. The lowest BCUT2D eigenvalue weighted by Crippen LogP contribution is -2.38. The van der Waals surface area contributed by atoms with E-state index in [-0.39, 0.29) is 24.3 Å². The number of carbonyl (C=O) groups excluding carboxylic acids is 2. The summed E-state index contributed by atoms with van der Waals surface area (Å²) in [5.41, 5.74) is 3.34. The summed E-state index contributed by atoms with van der Waals surface area (Å²) in [6.07, 6.45) is 1.75. The third kappa shape index (κ3) is 6.83. The van der Waals surface area contributed by atoms with Gasteiger partial charge in [0.25, 0.3) is 5.76 Å². The summed E-state index contributed by atoms with van der Waals surface area (Å²) in [5, 5.41) is 2.80. The topological polar surface area (TPSA) is 71.0 Å². The molecular weight excluding hydrogens is 492 g/mol. The van der Waals surface area contributed by atoms with Crippen LogP contribution in [0.4, 0.5) is 20.2 Å². The summed E-state index contributed by atoms with van der Waals surface area (Å²) in [6, 6.07) is 12.2. The van der Waals surface area contributed by atoms with Crippen molar-refractivity contribution in [1.29, 1.82) is 0 Å². The average Bonchev–Trinajstić information content (AvgIpc) is 3.41. The number of benzene rings is 2. The van der Waals surface area contributed by atoms with Crippen molar-refractivity contribution in [3.8, 4) is 0 Å². The number of anilines is 1. The number of nitrogens with one attached hydrogen (secondary N) is 1. The van der Waals surface area contributed by atoms with Gasteiger partial charge in [-0.3, -0.25) is 14.5 Å². The summed E-state index contributed by atoms with van der Waals surface area (Å²) in [6.45, 7) is 4.95. The number of hydrogen-bond acceptors (Lipinski definition) is 6. The molecule has 4 rings (SSSR count). The maximum Gasteiger partial charge on any atom is 0.288 e. The van der Waals surface area contributed by atoms with Crippen LogP contribution in [0.15, 0.2) is 52.4 Å². The molecule has 0 spiro atoms. The molecule has 1 N–H and O–H groups in total. The first-order chi connectivity index (χ1) is 16.8. The molecule has 186 valence electrons. The molecule has 0 bridgehead atoms. The number of thioether (sulfide) groups is 2. The van der Waals surface area contributed by atoms with E-state index in [0.717, 1.165) is 29.7 Å². The zero-order valence-corrected chi connectivity index (χ0v) is 21.1. The van der Waals surface area contributed by atoms with Crippen LogP contribution < -0.4 is 5.32 Å². The molecule has 2 atom stereocenters. The SMILES string of the molecule is Cc1ccc(NC(=O)C[C@H]2SC(=Nc3ccc(SC(F)F)cc3)N(C[C@H]3CCCO3)C2=O)c(C)c1. The maximum atomic E-state index is 13.3. The Morgan fingerprint density at radius 2 is 2.03 bits per heavy atom. The van der Waals surface area contributed by atoms with E-state index >= 15 is 0 Å². The highest BCUT2D eigenvalue weighted by Gasteiger charge is 2.40. The van der Waals surface area contributed by atoms with Crippen molar-refractivity contribution < 1.29 is 23.1 Å². The minimum Gasteiger partial charge on any atom is -0.376 e.